The molecule has 1 atom stereocenters. The summed E-state index contributed by atoms with van der Waals surface area (Å²) in [6.07, 6.45) is 0.777. The van der Waals surface area contributed by atoms with Gasteiger partial charge in [-0.1, -0.05) is 36.4 Å². The second kappa shape index (κ2) is 7.24. The van der Waals surface area contributed by atoms with Crippen molar-refractivity contribution in [2.24, 2.45) is 0 Å². The van der Waals surface area contributed by atoms with Gasteiger partial charge >= 0.3 is 0 Å². The zero-order valence-electron chi connectivity index (χ0n) is 15.5. The molecule has 1 aromatic heterocycles. The number of piperazine rings is 1. The zero-order chi connectivity index (χ0) is 19.0. The van der Waals surface area contributed by atoms with Gasteiger partial charge in [-0.05, 0) is 12.1 Å². The molecule has 7 heteroatoms. The monoisotopic (exact) mass is 388 g/mol. The third-order valence-corrected chi connectivity index (χ3v) is 6.80. The molecule has 1 fully saturated rings. The second-order valence-corrected chi connectivity index (χ2v) is 9.40. The normalized spacial score (nSPS) is 18.3. The first-order valence-electron chi connectivity index (χ1n) is 9.36. The maximum absolute atomic E-state index is 11.6. The molecule has 27 heavy (non-hydrogen) atoms. The van der Waals surface area contributed by atoms with Crippen LogP contribution in [0.3, 0.4) is 0 Å². The SMILES string of the molecule is CS(=O)(=O)N1CC[NH+](CC(O)Cn2c3ccccc3c3ccccc32)CC1. The van der Waals surface area contributed by atoms with Crippen molar-refractivity contribution in [2.75, 3.05) is 39.0 Å². The number of sulfonamides is 1. The lowest BCUT2D eigenvalue weighted by molar-refractivity contribution is -0.906. The summed E-state index contributed by atoms with van der Waals surface area (Å²) in [5.74, 6) is 0. The van der Waals surface area contributed by atoms with Crippen molar-refractivity contribution in [1.29, 1.82) is 0 Å². The lowest BCUT2D eigenvalue weighted by atomic mass is 10.2. The largest absolute Gasteiger partial charge is 0.385 e. The number of hydrogen-bond acceptors (Lipinski definition) is 3. The first-order chi connectivity index (χ1) is 12.9. The van der Waals surface area contributed by atoms with E-state index in [1.54, 1.807) is 0 Å². The Labute approximate surface area is 159 Å². The van der Waals surface area contributed by atoms with E-state index < -0.39 is 16.1 Å². The van der Waals surface area contributed by atoms with Gasteiger partial charge in [0.05, 0.1) is 39.0 Å². The molecule has 6 nitrogen and oxygen atoms in total. The topological polar surface area (TPSA) is 67.0 Å². The zero-order valence-corrected chi connectivity index (χ0v) is 16.3. The summed E-state index contributed by atoms with van der Waals surface area (Å²) < 4.78 is 27.0. The maximum atomic E-state index is 11.6. The van der Waals surface area contributed by atoms with Crippen LogP contribution in [0.4, 0.5) is 0 Å². The number of para-hydroxylation sites is 2. The summed E-state index contributed by atoms with van der Waals surface area (Å²) in [5, 5.41) is 13.2. The van der Waals surface area contributed by atoms with Gasteiger partial charge in [-0.3, -0.25) is 0 Å². The molecule has 3 aromatic rings. The Balaban J connectivity index is 1.50. The smallest absolute Gasteiger partial charge is 0.211 e. The number of rotatable bonds is 5. The van der Waals surface area contributed by atoms with Gasteiger partial charge in [0.1, 0.15) is 12.6 Å². The fourth-order valence-corrected chi connectivity index (χ4v) is 4.99. The Morgan fingerprint density at radius 3 is 2.04 bits per heavy atom. The van der Waals surface area contributed by atoms with Crippen molar-refractivity contribution in [2.45, 2.75) is 12.6 Å². The van der Waals surface area contributed by atoms with Crippen molar-refractivity contribution < 1.29 is 18.4 Å². The number of benzene rings is 2. The van der Waals surface area contributed by atoms with E-state index in [2.05, 4.69) is 28.8 Å². The fraction of sp³-hybridized carbons (Fsp3) is 0.400. The molecule has 4 rings (SSSR count). The molecule has 1 unspecified atom stereocenters. The average molecular weight is 389 g/mol. The molecule has 144 valence electrons. The Kier molecular flexibility index (Phi) is 4.94. The molecule has 1 aliphatic rings. The van der Waals surface area contributed by atoms with E-state index in [-0.39, 0.29) is 0 Å². The van der Waals surface area contributed by atoms with Gasteiger partial charge < -0.3 is 14.6 Å². The third kappa shape index (κ3) is 3.73. The van der Waals surface area contributed by atoms with Gasteiger partial charge in [-0.2, -0.15) is 4.31 Å². The molecule has 2 N–H and O–H groups in total. The van der Waals surface area contributed by atoms with E-state index in [9.17, 15) is 13.5 Å². The van der Waals surface area contributed by atoms with Gasteiger partial charge in [0.15, 0.2) is 0 Å². The van der Waals surface area contributed by atoms with Gasteiger partial charge in [0.2, 0.25) is 10.0 Å². The highest BCUT2D eigenvalue weighted by molar-refractivity contribution is 7.88. The molecular weight excluding hydrogens is 362 g/mol. The second-order valence-electron chi connectivity index (χ2n) is 7.41. The van der Waals surface area contributed by atoms with Crippen molar-refractivity contribution in [3.63, 3.8) is 0 Å². The summed E-state index contributed by atoms with van der Waals surface area (Å²) >= 11 is 0. The molecule has 0 saturated carbocycles. The Bertz CT molecular complexity index is 999. The number of aliphatic hydroxyl groups excluding tert-OH is 1. The van der Waals surface area contributed by atoms with Crippen molar-refractivity contribution >= 4 is 31.8 Å². The molecule has 1 saturated heterocycles. The van der Waals surface area contributed by atoms with Crippen LogP contribution in [0.25, 0.3) is 21.8 Å². The lowest BCUT2D eigenvalue weighted by Gasteiger charge is -2.31. The molecule has 0 aliphatic carbocycles. The quantitative estimate of drug-likeness (QED) is 0.661. The molecule has 0 bridgehead atoms. The number of quaternary nitrogens is 1. The third-order valence-electron chi connectivity index (χ3n) is 5.50. The highest BCUT2D eigenvalue weighted by Crippen LogP contribution is 2.28. The average Bonchev–Trinajstić information content (AvgIpc) is 2.96. The summed E-state index contributed by atoms with van der Waals surface area (Å²) in [5.41, 5.74) is 2.27. The summed E-state index contributed by atoms with van der Waals surface area (Å²) in [7, 11) is -3.11. The predicted molar refractivity (Wildman–Crippen MR) is 107 cm³/mol. The number of fused-ring (bicyclic) bond motifs is 3. The van der Waals surface area contributed by atoms with Crippen LogP contribution in [0.1, 0.15) is 0 Å². The summed E-state index contributed by atoms with van der Waals surface area (Å²) in [6, 6.07) is 16.6. The van der Waals surface area contributed by atoms with Crippen LogP contribution in [0.15, 0.2) is 48.5 Å². The first-order valence-corrected chi connectivity index (χ1v) is 11.2. The van der Waals surface area contributed by atoms with Crippen molar-refractivity contribution in [3.05, 3.63) is 48.5 Å². The summed E-state index contributed by atoms with van der Waals surface area (Å²) in [4.78, 5) is 1.25. The molecular formula is C20H26N3O3S+. The van der Waals surface area contributed by atoms with Crippen LogP contribution < -0.4 is 4.90 Å². The number of aliphatic hydroxyl groups is 1. The van der Waals surface area contributed by atoms with E-state index in [1.165, 1.54) is 26.2 Å². The van der Waals surface area contributed by atoms with Gasteiger partial charge in [0, 0.05) is 21.8 Å². The van der Waals surface area contributed by atoms with Crippen molar-refractivity contribution in [3.8, 4) is 0 Å². The van der Waals surface area contributed by atoms with Crippen LogP contribution >= 0.6 is 0 Å². The molecule has 0 spiro atoms. The van der Waals surface area contributed by atoms with E-state index in [0.717, 1.165) is 24.1 Å². The maximum Gasteiger partial charge on any atom is 0.211 e. The van der Waals surface area contributed by atoms with Crippen molar-refractivity contribution in [1.82, 2.24) is 8.87 Å². The Morgan fingerprint density at radius 2 is 1.52 bits per heavy atom. The van der Waals surface area contributed by atoms with Crippen LogP contribution in [-0.4, -0.2) is 67.5 Å². The number of aromatic nitrogens is 1. The minimum absolute atomic E-state index is 0.482. The van der Waals surface area contributed by atoms with Crippen LogP contribution in [0.2, 0.25) is 0 Å². The Morgan fingerprint density at radius 1 is 1.00 bits per heavy atom. The van der Waals surface area contributed by atoms with Gasteiger partial charge in [0.25, 0.3) is 0 Å². The minimum Gasteiger partial charge on any atom is -0.385 e. The minimum atomic E-state index is -3.11. The van der Waals surface area contributed by atoms with Gasteiger partial charge in [-0.15, -0.1) is 0 Å². The number of nitrogens with zero attached hydrogens (tertiary/aromatic N) is 2. The van der Waals surface area contributed by atoms with Crippen LogP contribution in [0.5, 0.6) is 0 Å². The highest BCUT2D eigenvalue weighted by atomic mass is 32.2. The molecule has 2 heterocycles. The van der Waals surface area contributed by atoms with Gasteiger partial charge in [-0.25, -0.2) is 8.42 Å². The van der Waals surface area contributed by atoms with Crippen LogP contribution in [0, 0.1) is 0 Å². The number of nitrogens with one attached hydrogen (secondary N) is 1. The first kappa shape index (κ1) is 18.4. The number of hydrogen-bond donors (Lipinski definition) is 2. The molecule has 1 aliphatic heterocycles. The van der Waals surface area contributed by atoms with E-state index >= 15 is 0 Å². The van der Waals surface area contributed by atoms with E-state index in [1.807, 2.05) is 24.3 Å². The molecule has 0 amide bonds. The van der Waals surface area contributed by atoms with E-state index in [0.29, 0.717) is 26.2 Å². The lowest BCUT2D eigenvalue weighted by Crippen LogP contribution is -3.15. The fourth-order valence-electron chi connectivity index (χ4n) is 4.15. The van der Waals surface area contributed by atoms with Crippen LogP contribution in [-0.2, 0) is 16.6 Å². The highest BCUT2D eigenvalue weighted by Gasteiger charge is 2.27. The molecule has 0 radical (unpaired) electrons. The standard InChI is InChI=1S/C20H25N3O3S/c1-27(25,26)22-12-10-21(11-13-22)14-16(24)15-23-19-8-4-2-6-17(19)18-7-3-5-9-20(18)23/h2-9,16,24H,10-15H2,1H3/p+1. The summed E-state index contributed by atoms with van der Waals surface area (Å²) in [6.45, 7) is 3.67. The predicted octanol–water partition coefficient (Wildman–Crippen LogP) is 0.316. The van der Waals surface area contributed by atoms with E-state index in [4.69, 9.17) is 0 Å². The Hall–Kier alpha value is -1.93. The molecule has 2 aromatic carbocycles.